The Hall–Kier alpha value is -2.93. The van der Waals surface area contributed by atoms with Gasteiger partial charge in [-0.2, -0.15) is 0 Å². The number of pyridine rings is 1. The Morgan fingerprint density at radius 1 is 1.09 bits per heavy atom. The van der Waals surface area contributed by atoms with Crippen molar-refractivity contribution >= 4 is 35.4 Å². The minimum absolute atomic E-state index is 0.136. The van der Waals surface area contributed by atoms with Crippen LogP contribution in [0, 0.1) is 5.41 Å². The molecule has 1 aliphatic heterocycles. The fourth-order valence-electron chi connectivity index (χ4n) is 3.84. The van der Waals surface area contributed by atoms with E-state index in [4.69, 9.17) is 16.6 Å². The van der Waals surface area contributed by atoms with E-state index < -0.39 is 0 Å². The summed E-state index contributed by atoms with van der Waals surface area (Å²) in [4.78, 5) is 39.5. The van der Waals surface area contributed by atoms with Gasteiger partial charge in [0.15, 0.2) is 0 Å². The fourth-order valence-corrected chi connectivity index (χ4v) is 4.10. The minimum atomic E-state index is -0.379. The van der Waals surface area contributed by atoms with Gasteiger partial charge in [0.1, 0.15) is 5.82 Å². The molecule has 0 bridgehead atoms. The molecule has 0 atom stereocenters. The molecule has 7 nitrogen and oxygen atoms in total. The summed E-state index contributed by atoms with van der Waals surface area (Å²) in [5, 5.41) is 0.403. The molecule has 1 aromatic heterocycles. The molecular formula is C25H32ClN5O2. The van der Waals surface area contributed by atoms with Crippen LogP contribution in [0.25, 0.3) is 11.1 Å². The minimum Gasteiger partial charge on any atom is -0.353 e. The third-order valence-corrected chi connectivity index (χ3v) is 5.92. The van der Waals surface area contributed by atoms with Crippen molar-refractivity contribution in [2.75, 3.05) is 52.2 Å². The molecular weight excluding hydrogens is 438 g/mol. The van der Waals surface area contributed by atoms with Crippen molar-refractivity contribution < 1.29 is 9.59 Å². The van der Waals surface area contributed by atoms with Gasteiger partial charge in [0.2, 0.25) is 5.91 Å². The Balaban J connectivity index is 1.84. The maximum Gasteiger partial charge on any atom is 0.254 e. The summed E-state index contributed by atoms with van der Waals surface area (Å²) < 4.78 is 0. The fraction of sp³-hybridized carbons (Fsp3) is 0.440. The summed E-state index contributed by atoms with van der Waals surface area (Å²) in [6, 6.07) is 7.44. The average molecular weight is 470 g/mol. The molecule has 2 aromatic rings. The number of carbonyl (C=O) groups is 2. The number of halogens is 1. The number of rotatable bonds is 4. The van der Waals surface area contributed by atoms with Gasteiger partial charge in [-0.25, -0.2) is 4.98 Å². The Morgan fingerprint density at radius 3 is 2.30 bits per heavy atom. The molecule has 1 aromatic carbocycles. The Kier molecular flexibility index (Phi) is 7.42. The van der Waals surface area contributed by atoms with E-state index in [1.54, 1.807) is 39.5 Å². The number of aromatic nitrogens is 1. The van der Waals surface area contributed by atoms with Crippen LogP contribution in [0.1, 0.15) is 36.7 Å². The van der Waals surface area contributed by atoms with E-state index in [-0.39, 0.29) is 17.2 Å². The number of amides is 2. The zero-order chi connectivity index (χ0) is 24.3. The first-order valence-corrected chi connectivity index (χ1v) is 11.4. The van der Waals surface area contributed by atoms with Gasteiger partial charge in [0.05, 0.1) is 10.6 Å². The van der Waals surface area contributed by atoms with Gasteiger partial charge in [-0.1, -0.05) is 38.4 Å². The second-order valence-electron chi connectivity index (χ2n) is 9.45. The first kappa shape index (κ1) is 24.7. The van der Waals surface area contributed by atoms with E-state index in [1.807, 2.05) is 44.0 Å². The number of aliphatic imine (C=N–C) groups is 1. The molecule has 1 fully saturated rings. The van der Waals surface area contributed by atoms with Gasteiger partial charge < -0.3 is 14.7 Å². The van der Waals surface area contributed by atoms with Crippen LogP contribution in [0.3, 0.4) is 0 Å². The highest BCUT2D eigenvalue weighted by Gasteiger charge is 2.30. The van der Waals surface area contributed by atoms with Crippen LogP contribution in [0.4, 0.5) is 5.82 Å². The lowest BCUT2D eigenvalue weighted by Gasteiger charge is -2.38. The Labute approximate surface area is 201 Å². The van der Waals surface area contributed by atoms with E-state index >= 15 is 0 Å². The van der Waals surface area contributed by atoms with Crippen molar-refractivity contribution in [2.45, 2.75) is 20.8 Å². The number of benzene rings is 1. The molecule has 0 N–H and O–H groups in total. The lowest BCUT2D eigenvalue weighted by Crippen LogP contribution is -2.52. The van der Waals surface area contributed by atoms with Gasteiger partial charge >= 0.3 is 0 Å². The van der Waals surface area contributed by atoms with Crippen molar-refractivity contribution in [3.63, 3.8) is 0 Å². The van der Waals surface area contributed by atoms with Gasteiger partial charge in [0, 0.05) is 76.3 Å². The van der Waals surface area contributed by atoms with Crippen LogP contribution in [0.5, 0.6) is 0 Å². The molecule has 176 valence electrons. The molecule has 0 radical (unpaired) electrons. The molecule has 2 amide bonds. The van der Waals surface area contributed by atoms with Crippen LogP contribution < -0.4 is 4.90 Å². The lowest BCUT2D eigenvalue weighted by molar-refractivity contribution is -0.139. The number of carbonyl (C=O) groups excluding carboxylic acids is 2. The summed E-state index contributed by atoms with van der Waals surface area (Å²) in [5.41, 5.74) is 2.75. The van der Waals surface area contributed by atoms with Crippen LogP contribution in [0.2, 0.25) is 5.02 Å². The molecule has 3 rings (SSSR count). The molecule has 1 aliphatic rings. The van der Waals surface area contributed by atoms with Crippen LogP contribution in [-0.2, 0) is 4.79 Å². The zero-order valence-corrected chi connectivity index (χ0v) is 21.0. The van der Waals surface area contributed by atoms with Gasteiger partial charge in [0.25, 0.3) is 5.91 Å². The van der Waals surface area contributed by atoms with Crippen molar-refractivity contribution in [1.29, 1.82) is 0 Å². The topological polar surface area (TPSA) is 69.1 Å². The second-order valence-corrected chi connectivity index (χ2v) is 9.85. The Bertz CT molecular complexity index is 1070. The monoisotopic (exact) mass is 469 g/mol. The third kappa shape index (κ3) is 5.53. The van der Waals surface area contributed by atoms with E-state index in [9.17, 15) is 9.59 Å². The zero-order valence-electron chi connectivity index (χ0n) is 20.2. The van der Waals surface area contributed by atoms with Crippen LogP contribution in [0.15, 0.2) is 35.5 Å². The van der Waals surface area contributed by atoms with E-state index in [0.717, 1.165) is 22.5 Å². The average Bonchev–Trinajstić information content (AvgIpc) is 2.77. The maximum atomic E-state index is 12.6. The molecule has 0 unspecified atom stereocenters. The third-order valence-electron chi connectivity index (χ3n) is 5.61. The van der Waals surface area contributed by atoms with Crippen molar-refractivity contribution in [3.05, 3.63) is 46.6 Å². The lowest BCUT2D eigenvalue weighted by atomic mass is 9.94. The molecule has 2 heterocycles. The number of hydrogen-bond donors (Lipinski definition) is 0. The maximum absolute atomic E-state index is 12.6. The molecule has 0 saturated carbocycles. The standard InChI is InChI=1S/C25H32ClN5O2/c1-25(2,3)24(33)31-11-9-30(10-12-31)22-19(15-27-4)13-18(16-28-22)17-7-8-20(21(26)14-17)23(32)29(5)6/h7-8,13-16H,9-12H2,1-6H3/b27-15-. The highest BCUT2D eigenvalue weighted by Crippen LogP contribution is 2.29. The van der Waals surface area contributed by atoms with Crippen molar-refractivity contribution in [2.24, 2.45) is 10.4 Å². The first-order chi connectivity index (χ1) is 15.5. The number of hydrogen-bond acceptors (Lipinski definition) is 5. The van der Waals surface area contributed by atoms with Gasteiger partial charge in [-0.15, -0.1) is 0 Å². The van der Waals surface area contributed by atoms with Crippen molar-refractivity contribution in [1.82, 2.24) is 14.8 Å². The van der Waals surface area contributed by atoms with Crippen LogP contribution in [-0.4, -0.2) is 80.1 Å². The molecule has 0 aliphatic carbocycles. The SMILES string of the molecule is C/N=C\c1cc(-c2ccc(C(=O)N(C)C)c(Cl)c2)cnc1N1CCN(C(=O)C(C)(C)C)CC1. The molecule has 1 saturated heterocycles. The smallest absolute Gasteiger partial charge is 0.254 e. The van der Waals surface area contributed by atoms with Crippen molar-refractivity contribution in [3.8, 4) is 11.1 Å². The molecule has 8 heteroatoms. The quantitative estimate of drug-likeness (QED) is 0.638. The van der Waals surface area contributed by atoms with Gasteiger partial charge in [-0.05, 0) is 23.8 Å². The summed E-state index contributed by atoms with van der Waals surface area (Å²) in [7, 11) is 5.13. The van der Waals surface area contributed by atoms with E-state index in [1.165, 1.54) is 4.90 Å². The number of nitrogens with zero attached hydrogens (tertiary/aromatic N) is 5. The Morgan fingerprint density at radius 2 is 1.76 bits per heavy atom. The highest BCUT2D eigenvalue weighted by atomic mass is 35.5. The highest BCUT2D eigenvalue weighted by molar-refractivity contribution is 6.34. The largest absolute Gasteiger partial charge is 0.353 e. The number of piperazine rings is 1. The summed E-state index contributed by atoms with van der Waals surface area (Å²) in [6.45, 7) is 8.61. The summed E-state index contributed by atoms with van der Waals surface area (Å²) >= 11 is 6.41. The van der Waals surface area contributed by atoms with Crippen LogP contribution >= 0.6 is 11.6 Å². The van der Waals surface area contributed by atoms with Gasteiger partial charge in [-0.3, -0.25) is 14.6 Å². The predicted octanol–water partition coefficient (Wildman–Crippen LogP) is 3.85. The predicted molar refractivity (Wildman–Crippen MR) is 134 cm³/mol. The molecule has 33 heavy (non-hydrogen) atoms. The number of anilines is 1. The van der Waals surface area contributed by atoms with E-state index in [2.05, 4.69) is 9.89 Å². The first-order valence-electron chi connectivity index (χ1n) is 11.0. The summed E-state index contributed by atoms with van der Waals surface area (Å²) in [5.74, 6) is 0.884. The normalized spacial score (nSPS) is 14.6. The molecule has 0 spiro atoms. The van der Waals surface area contributed by atoms with E-state index in [0.29, 0.717) is 36.8 Å². The summed E-state index contributed by atoms with van der Waals surface area (Å²) in [6.07, 6.45) is 3.61. The second kappa shape index (κ2) is 9.91.